The van der Waals surface area contributed by atoms with Crippen molar-refractivity contribution >= 4 is 11.8 Å². The highest BCUT2D eigenvalue weighted by Crippen LogP contribution is 2.19. The standard InChI is InChI=1S/C19H28N2O3/c1-13(2)19(23)21-9-7-16(8-10-21)20-18(22)12-15-6-5-14(3)17(11-15)24-4/h5-6,11,13,16H,7-10,12H2,1-4H3,(H,20,22). The third kappa shape index (κ3) is 4.73. The zero-order valence-electron chi connectivity index (χ0n) is 15.1. The number of likely N-dealkylation sites (tertiary alicyclic amines) is 1. The number of ether oxygens (including phenoxy) is 1. The van der Waals surface area contributed by atoms with E-state index in [2.05, 4.69) is 5.32 Å². The number of carbonyl (C=O) groups excluding carboxylic acids is 2. The Hall–Kier alpha value is -2.04. The lowest BCUT2D eigenvalue weighted by molar-refractivity contribution is -0.135. The van der Waals surface area contributed by atoms with Crippen LogP contribution >= 0.6 is 0 Å². The number of hydrogen-bond acceptors (Lipinski definition) is 3. The van der Waals surface area contributed by atoms with E-state index in [9.17, 15) is 9.59 Å². The van der Waals surface area contributed by atoms with Crippen LogP contribution in [0.25, 0.3) is 0 Å². The first-order chi connectivity index (χ1) is 11.4. The molecule has 24 heavy (non-hydrogen) atoms. The summed E-state index contributed by atoms with van der Waals surface area (Å²) in [5.74, 6) is 1.06. The molecule has 1 aliphatic rings. The van der Waals surface area contributed by atoms with Gasteiger partial charge in [0.05, 0.1) is 13.5 Å². The Balaban J connectivity index is 1.83. The molecule has 5 heteroatoms. The third-order valence-electron chi connectivity index (χ3n) is 4.50. The molecule has 1 N–H and O–H groups in total. The Morgan fingerprint density at radius 2 is 1.96 bits per heavy atom. The van der Waals surface area contributed by atoms with Gasteiger partial charge in [-0.1, -0.05) is 26.0 Å². The Kier molecular flexibility index (Phi) is 6.23. The van der Waals surface area contributed by atoms with Crippen LogP contribution in [0.15, 0.2) is 18.2 Å². The first-order valence-corrected chi connectivity index (χ1v) is 8.62. The lowest BCUT2D eigenvalue weighted by Crippen LogP contribution is -2.47. The van der Waals surface area contributed by atoms with Crippen LogP contribution < -0.4 is 10.1 Å². The van der Waals surface area contributed by atoms with Gasteiger partial charge in [-0.25, -0.2) is 0 Å². The highest BCUT2D eigenvalue weighted by Gasteiger charge is 2.25. The first kappa shape index (κ1) is 18.3. The maximum Gasteiger partial charge on any atom is 0.225 e. The number of nitrogens with one attached hydrogen (secondary N) is 1. The molecule has 0 radical (unpaired) electrons. The molecule has 1 heterocycles. The molecule has 0 aliphatic carbocycles. The Morgan fingerprint density at radius 3 is 2.54 bits per heavy atom. The largest absolute Gasteiger partial charge is 0.496 e. The molecule has 0 bridgehead atoms. The molecule has 0 spiro atoms. The van der Waals surface area contributed by atoms with Gasteiger partial charge in [0.15, 0.2) is 0 Å². The SMILES string of the molecule is COc1cc(CC(=O)NC2CCN(C(=O)C(C)C)CC2)ccc1C. The average molecular weight is 332 g/mol. The highest BCUT2D eigenvalue weighted by atomic mass is 16.5. The number of hydrogen-bond donors (Lipinski definition) is 1. The lowest BCUT2D eigenvalue weighted by atomic mass is 10.0. The number of piperidine rings is 1. The summed E-state index contributed by atoms with van der Waals surface area (Å²) in [6, 6.07) is 6.00. The van der Waals surface area contributed by atoms with Gasteiger partial charge in [-0.3, -0.25) is 9.59 Å². The van der Waals surface area contributed by atoms with Gasteiger partial charge in [-0.05, 0) is 37.0 Å². The van der Waals surface area contributed by atoms with Gasteiger partial charge in [-0.15, -0.1) is 0 Å². The summed E-state index contributed by atoms with van der Waals surface area (Å²) in [4.78, 5) is 26.1. The second kappa shape index (κ2) is 8.18. The molecule has 1 aromatic rings. The molecule has 5 nitrogen and oxygen atoms in total. The number of amides is 2. The summed E-state index contributed by atoms with van der Waals surface area (Å²) in [6.45, 7) is 7.27. The predicted octanol–water partition coefficient (Wildman–Crippen LogP) is 2.31. The highest BCUT2D eigenvalue weighted by molar-refractivity contribution is 5.79. The summed E-state index contributed by atoms with van der Waals surface area (Å²) in [7, 11) is 1.64. The van der Waals surface area contributed by atoms with E-state index in [1.54, 1.807) is 7.11 Å². The van der Waals surface area contributed by atoms with Crippen molar-refractivity contribution in [3.05, 3.63) is 29.3 Å². The fraction of sp³-hybridized carbons (Fsp3) is 0.579. The Bertz CT molecular complexity index is 590. The van der Waals surface area contributed by atoms with E-state index < -0.39 is 0 Å². The Labute approximate surface area is 144 Å². The van der Waals surface area contributed by atoms with E-state index in [1.165, 1.54) is 0 Å². The fourth-order valence-corrected chi connectivity index (χ4v) is 3.05. The van der Waals surface area contributed by atoms with Gasteiger partial charge in [-0.2, -0.15) is 0 Å². The molecule has 2 amide bonds. The molecule has 132 valence electrons. The average Bonchev–Trinajstić information content (AvgIpc) is 2.56. The van der Waals surface area contributed by atoms with Gasteiger partial charge in [0.1, 0.15) is 5.75 Å². The Morgan fingerprint density at radius 1 is 1.29 bits per heavy atom. The second-order valence-corrected chi connectivity index (χ2v) is 6.80. The molecule has 0 unspecified atom stereocenters. The van der Waals surface area contributed by atoms with Gasteiger partial charge < -0.3 is 15.0 Å². The van der Waals surface area contributed by atoms with Crippen molar-refractivity contribution in [2.24, 2.45) is 5.92 Å². The molecule has 0 saturated carbocycles. The molecule has 1 aromatic carbocycles. The number of benzene rings is 1. The van der Waals surface area contributed by atoms with Crippen LogP contribution in [0, 0.1) is 12.8 Å². The number of methoxy groups -OCH3 is 1. The minimum Gasteiger partial charge on any atom is -0.496 e. The van der Waals surface area contributed by atoms with Crippen molar-refractivity contribution in [1.29, 1.82) is 0 Å². The summed E-state index contributed by atoms with van der Waals surface area (Å²) in [6.07, 6.45) is 1.99. The fourth-order valence-electron chi connectivity index (χ4n) is 3.05. The number of nitrogens with zero attached hydrogens (tertiary/aromatic N) is 1. The number of carbonyl (C=O) groups is 2. The normalized spacial score (nSPS) is 15.5. The van der Waals surface area contributed by atoms with Crippen molar-refractivity contribution in [2.45, 2.75) is 46.1 Å². The van der Waals surface area contributed by atoms with Crippen LogP contribution in [0.2, 0.25) is 0 Å². The van der Waals surface area contributed by atoms with Crippen LogP contribution in [-0.2, 0) is 16.0 Å². The van der Waals surface area contributed by atoms with E-state index in [0.29, 0.717) is 6.42 Å². The zero-order valence-corrected chi connectivity index (χ0v) is 15.1. The van der Waals surface area contributed by atoms with Crippen LogP contribution in [0.1, 0.15) is 37.8 Å². The van der Waals surface area contributed by atoms with Crippen LogP contribution in [0.5, 0.6) is 5.75 Å². The third-order valence-corrected chi connectivity index (χ3v) is 4.50. The van der Waals surface area contributed by atoms with Gasteiger partial charge >= 0.3 is 0 Å². The topological polar surface area (TPSA) is 58.6 Å². The molecular formula is C19H28N2O3. The second-order valence-electron chi connectivity index (χ2n) is 6.80. The summed E-state index contributed by atoms with van der Waals surface area (Å²) < 4.78 is 5.30. The predicted molar refractivity (Wildman–Crippen MR) is 94.0 cm³/mol. The molecular weight excluding hydrogens is 304 g/mol. The summed E-state index contributed by atoms with van der Waals surface area (Å²) >= 11 is 0. The van der Waals surface area contributed by atoms with Crippen LogP contribution in [-0.4, -0.2) is 43.0 Å². The van der Waals surface area contributed by atoms with Crippen LogP contribution in [0.4, 0.5) is 0 Å². The van der Waals surface area contributed by atoms with E-state index in [0.717, 1.165) is 42.8 Å². The van der Waals surface area contributed by atoms with Crippen molar-refractivity contribution in [3.63, 3.8) is 0 Å². The van der Waals surface area contributed by atoms with E-state index in [-0.39, 0.29) is 23.8 Å². The first-order valence-electron chi connectivity index (χ1n) is 8.62. The van der Waals surface area contributed by atoms with Gasteiger partial charge in [0.2, 0.25) is 11.8 Å². The van der Waals surface area contributed by atoms with Crippen molar-refractivity contribution in [2.75, 3.05) is 20.2 Å². The summed E-state index contributed by atoms with van der Waals surface area (Å²) in [5, 5.41) is 3.09. The molecule has 2 rings (SSSR count). The van der Waals surface area contributed by atoms with E-state index in [1.807, 2.05) is 43.9 Å². The van der Waals surface area contributed by atoms with Gasteiger partial charge in [0.25, 0.3) is 0 Å². The molecule has 0 atom stereocenters. The van der Waals surface area contributed by atoms with E-state index >= 15 is 0 Å². The molecule has 1 aliphatic heterocycles. The maximum absolute atomic E-state index is 12.3. The van der Waals surface area contributed by atoms with Crippen molar-refractivity contribution in [3.8, 4) is 5.75 Å². The monoisotopic (exact) mass is 332 g/mol. The van der Waals surface area contributed by atoms with Gasteiger partial charge in [0, 0.05) is 25.0 Å². The van der Waals surface area contributed by atoms with Crippen molar-refractivity contribution < 1.29 is 14.3 Å². The van der Waals surface area contributed by atoms with Crippen molar-refractivity contribution in [1.82, 2.24) is 10.2 Å². The molecule has 0 aromatic heterocycles. The lowest BCUT2D eigenvalue weighted by Gasteiger charge is -2.33. The minimum atomic E-state index is 0.0227. The molecule has 1 saturated heterocycles. The quantitative estimate of drug-likeness (QED) is 0.900. The zero-order chi connectivity index (χ0) is 17.7. The smallest absolute Gasteiger partial charge is 0.225 e. The molecule has 1 fully saturated rings. The van der Waals surface area contributed by atoms with Crippen LogP contribution in [0.3, 0.4) is 0 Å². The summed E-state index contributed by atoms with van der Waals surface area (Å²) in [5.41, 5.74) is 2.01. The number of aryl methyl sites for hydroxylation is 1. The maximum atomic E-state index is 12.3. The number of rotatable bonds is 5. The van der Waals surface area contributed by atoms with E-state index in [4.69, 9.17) is 4.74 Å². The minimum absolute atomic E-state index is 0.0227.